The topological polar surface area (TPSA) is 123 Å². The normalized spacial score (nSPS) is 21.1. The van der Waals surface area contributed by atoms with Gasteiger partial charge in [-0.2, -0.15) is 0 Å². The molecule has 8 nitrogen and oxygen atoms in total. The van der Waals surface area contributed by atoms with E-state index in [1.54, 1.807) is 53.4 Å². The number of cyclic esters (lactones) is 1. The number of nitrogen functional groups attached to an aromatic ring is 1. The van der Waals surface area contributed by atoms with Crippen LogP contribution in [0.1, 0.15) is 28.3 Å². The van der Waals surface area contributed by atoms with Crippen LogP contribution in [-0.2, 0) is 4.74 Å². The van der Waals surface area contributed by atoms with Crippen LogP contribution in [0.25, 0.3) is 0 Å². The maximum Gasteiger partial charge on any atom is 0.414 e. The molecule has 3 aromatic rings. The van der Waals surface area contributed by atoms with Crippen LogP contribution in [0.4, 0.5) is 27.5 Å². The number of hydrogen-bond acceptors (Lipinski definition) is 6. The Morgan fingerprint density at radius 1 is 1.03 bits per heavy atom. The number of rotatable bonds is 7. The summed E-state index contributed by atoms with van der Waals surface area (Å²) < 4.78 is 5.52. The van der Waals surface area contributed by atoms with E-state index in [0.29, 0.717) is 41.6 Å². The first-order valence-corrected chi connectivity index (χ1v) is 11.3. The molecule has 5 rings (SSSR count). The Bertz CT molecular complexity index is 1200. The van der Waals surface area contributed by atoms with Crippen molar-refractivity contribution in [1.29, 1.82) is 0 Å². The van der Waals surface area contributed by atoms with Crippen LogP contribution in [0, 0.1) is 0 Å². The Balaban J connectivity index is 1.16. The summed E-state index contributed by atoms with van der Waals surface area (Å²) in [6.45, 7) is 0.927. The molecule has 3 unspecified atom stereocenters. The lowest BCUT2D eigenvalue weighted by Gasteiger charge is -2.14. The zero-order valence-corrected chi connectivity index (χ0v) is 18.6. The summed E-state index contributed by atoms with van der Waals surface area (Å²) >= 11 is 0. The minimum Gasteiger partial charge on any atom is -0.442 e. The number of nitrogens with two attached hydrogens (primary N) is 2. The van der Waals surface area contributed by atoms with Gasteiger partial charge < -0.3 is 26.8 Å². The van der Waals surface area contributed by atoms with Crippen molar-refractivity contribution in [3.63, 3.8) is 0 Å². The summed E-state index contributed by atoms with van der Waals surface area (Å²) in [5, 5.41) is 6.13. The fraction of sp³-hybridized carbons (Fsp3) is 0.231. The second-order valence-electron chi connectivity index (χ2n) is 8.71. The molecule has 1 heterocycles. The van der Waals surface area contributed by atoms with Crippen LogP contribution in [0.2, 0.25) is 0 Å². The van der Waals surface area contributed by atoms with Gasteiger partial charge in [0.1, 0.15) is 6.10 Å². The maximum atomic E-state index is 12.5. The lowest BCUT2D eigenvalue weighted by molar-refractivity contribution is 0.102. The van der Waals surface area contributed by atoms with Crippen molar-refractivity contribution < 1.29 is 14.3 Å². The molecule has 0 aromatic heterocycles. The lowest BCUT2D eigenvalue weighted by Crippen LogP contribution is -2.27. The summed E-state index contributed by atoms with van der Waals surface area (Å²) in [6, 6.07) is 22.4. The van der Waals surface area contributed by atoms with E-state index in [1.165, 1.54) is 5.56 Å². The van der Waals surface area contributed by atoms with Crippen LogP contribution in [0.5, 0.6) is 0 Å². The second-order valence-corrected chi connectivity index (χ2v) is 8.71. The van der Waals surface area contributed by atoms with Crippen molar-refractivity contribution in [3.05, 3.63) is 83.9 Å². The predicted molar refractivity (Wildman–Crippen MR) is 133 cm³/mol. The van der Waals surface area contributed by atoms with Gasteiger partial charge in [-0.05, 0) is 60.5 Å². The first kappa shape index (κ1) is 21.8. The van der Waals surface area contributed by atoms with Crippen LogP contribution >= 0.6 is 0 Å². The minimum atomic E-state index is -0.404. The Labute approximate surface area is 197 Å². The van der Waals surface area contributed by atoms with Crippen LogP contribution in [0.3, 0.4) is 0 Å². The minimum absolute atomic E-state index is 0.273. The highest BCUT2D eigenvalue weighted by atomic mass is 16.6. The molecule has 3 atom stereocenters. The third-order valence-corrected chi connectivity index (χ3v) is 6.24. The van der Waals surface area contributed by atoms with Crippen molar-refractivity contribution in [2.45, 2.75) is 24.5 Å². The number of anilines is 4. The largest absolute Gasteiger partial charge is 0.442 e. The third-order valence-electron chi connectivity index (χ3n) is 6.24. The van der Waals surface area contributed by atoms with Crippen LogP contribution in [0.15, 0.2) is 72.8 Å². The molecule has 2 fully saturated rings. The zero-order valence-electron chi connectivity index (χ0n) is 18.6. The molecule has 1 saturated carbocycles. The number of amides is 2. The van der Waals surface area contributed by atoms with E-state index in [2.05, 4.69) is 22.8 Å². The zero-order chi connectivity index (χ0) is 23.7. The quantitative estimate of drug-likeness (QED) is 0.401. The van der Waals surface area contributed by atoms with Gasteiger partial charge in [0.05, 0.1) is 24.5 Å². The number of hydrogen-bond donors (Lipinski definition) is 4. The second kappa shape index (κ2) is 9.07. The van der Waals surface area contributed by atoms with Crippen molar-refractivity contribution in [1.82, 2.24) is 0 Å². The van der Waals surface area contributed by atoms with E-state index < -0.39 is 6.09 Å². The number of benzene rings is 3. The van der Waals surface area contributed by atoms with Gasteiger partial charge in [-0.15, -0.1) is 0 Å². The van der Waals surface area contributed by atoms with E-state index in [1.807, 2.05) is 12.1 Å². The Kier molecular flexibility index (Phi) is 5.81. The lowest BCUT2D eigenvalue weighted by atomic mass is 10.1. The highest BCUT2D eigenvalue weighted by Crippen LogP contribution is 2.39. The van der Waals surface area contributed by atoms with Gasteiger partial charge in [0, 0.05) is 28.9 Å². The number of nitrogens with one attached hydrogen (secondary N) is 2. The molecule has 0 radical (unpaired) electrons. The van der Waals surface area contributed by atoms with Gasteiger partial charge in [0.25, 0.3) is 5.91 Å². The summed E-state index contributed by atoms with van der Waals surface area (Å²) in [7, 11) is 0. The van der Waals surface area contributed by atoms with Gasteiger partial charge in [0.2, 0.25) is 0 Å². The van der Waals surface area contributed by atoms with Crippen LogP contribution in [-0.4, -0.2) is 37.2 Å². The molecule has 2 amide bonds. The highest BCUT2D eigenvalue weighted by Gasteiger charge is 2.35. The molecule has 1 aliphatic heterocycles. The van der Waals surface area contributed by atoms with E-state index in [-0.39, 0.29) is 18.1 Å². The fourth-order valence-corrected chi connectivity index (χ4v) is 4.11. The molecule has 2 aliphatic rings. The standard InChI is InChI=1S/C26H27N5O3/c27-22-3-1-2-4-24(22)30-25(32)17-7-11-19(12-8-17)31-15-20(34-26(31)33)14-29-18-9-5-16(6-10-18)21-13-23(21)28/h1-12,20-21,23,29H,13-15,27-28H2,(H,30,32). The molecule has 8 heteroatoms. The van der Waals surface area contributed by atoms with Gasteiger partial charge in [-0.1, -0.05) is 24.3 Å². The molecule has 0 spiro atoms. The third kappa shape index (κ3) is 4.67. The molecular formula is C26H27N5O3. The fourth-order valence-electron chi connectivity index (χ4n) is 4.11. The Morgan fingerprint density at radius 2 is 1.74 bits per heavy atom. The smallest absolute Gasteiger partial charge is 0.414 e. The summed E-state index contributed by atoms with van der Waals surface area (Å²) in [4.78, 5) is 26.5. The van der Waals surface area contributed by atoms with Crippen molar-refractivity contribution >= 4 is 34.7 Å². The van der Waals surface area contributed by atoms with Gasteiger partial charge >= 0.3 is 6.09 Å². The molecule has 174 valence electrons. The van der Waals surface area contributed by atoms with Crippen LogP contribution < -0.4 is 27.0 Å². The SMILES string of the molecule is Nc1ccccc1NC(=O)c1ccc(N2CC(CNc3ccc(C4CC4N)cc3)OC2=O)cc1. The van der Waals surface area contributed by atoms with E-state index in [4.69, 9.17) is 16.2 Å². The number of para-hydroxylation sites is 2. The molecule has 34 heavy (non-hydrogen) atoms. The summed E-state index contributed by atoms with van der Waals surface area (Å²) in [6.07, 6.45) is 0.362. The van der Waals surface area contributed by atoms with Gasteiger partial charge in [-0.25, -0.2) is 4.79 Å². The average Bonchev–Trinajstić information content (AvgIpc) is 3.46. The molecule has 1 aliphatic carbocycles. The molecular weight excluding hydrogens is 430 g/mol. The molecule has 3 aromatic carbocycles. The first-order chi connectivity index (χ1) is 16.5. The Hall–Kier alpha value is -4.04. The Morgan fingerprint density at radius 3 is 2.41 bits per heavy atom. The van der Waals surface area contributed by atoms with Gasteiger partial charge in [-0.3, -0.25) is 9.69 Å². The maximum absolute atomic E-state index is 12.5. The highest BCUT2D eigenvalue weighted by molar-refractivity contribution is 6.06. The first-order valence-electron chi connectivity index (χ1n) is 11.3. The van der Waals surface area contributed by atoms with E-state index >= 15 is 0 Å². The van der Waals surface area contributed by atoms with Crippen molar-refractivity contribution in [3.8, 4) is 0 Å². The van der Waals surface area contributed by atoms with Gasteiger partial charge in [0.15, 0.2) is 0 Å². The summed E-state index contributed by atoms with van der Waals surface area (Å²) in [5.74, 6) is 0.206. The number of carbonyl (C=O) groups excluding carboxylic acids is 2. The summed E-state index contributed by atoms with van der Waals surface area (Å²) in [5.41, 5.74) is 16.2. The number of nitrogens with zero attached hydrogens (tertiary/aromatic N) is 1. The molecule has 0 bridgehead atoms. The number of ether oxygens (including phenoxy) is 1. The van der Waals surface area contributed by atoms with E-state index in [0.717, 1.165) is 12.1 Å². The van der Waals surface area contributed by atoms with Crippen molar-refractivity contribution in [2.75, 3.05) is 34.4 Å². The predicted octanol–water partition coefficient (Wildman–Crippen LogP) is 3.77. The molecule has 1 saturated heterocycles. The van der Waals surface area contributed by atoms with Crippen molar-refractivity contribution in [2.24, 2.45) is 5.73 Å². The number of carbonyl (C=O) groups is 2. The molecule has 6 N–H and O–H groups in total. The average molecular weight is 458 g/mol. The van der Waals surface area contributed by atoms with E-state index in [9.17, 15) is 9.59 Å². The monoisotopic (exact) mass is 457 g/mol.